The molecule has 5 nitrogen and oxygen atoms in total. The fourth-order valence-corrected chi connectivity index (χ4v) is 3.42. The summed E-state index contributed by atoms with van der Waals surface area (Å²) in [6.07, 6.45) is 3.00. The van der Waals surface area contributed by atoms with Crippen molar-refractivity contribution in [3.8, 4) is 0 Å². The van der Waals surface area contributed by atoms with Gasteiger partial charge in [0.05, 0.1) is 5.69 Å². The van der Waals surface area contributed by atoms with Gasteiger partial charge in [-0.05, 0) is 13.0 Å². The summed E-state index contributed by atoms with van der Waals surface area (Å²) in [6, 6.07) is 1.66. The molecular formula is C14H20N4OS. The van der Waals surface area contributed by atoms with Gasteiger partial charge in [0, 0.05) is 50.4 Å². The first-order valence-corrected chi connectivity index (χ1v) is 8.04. The Labute approximate surface area is 122 Å². The highest BCUT2D eigenvalue weighted by Crippen LogP contribution is 2.10. The minimum atomic E-state index is 0.0240. The average Bonchev–Trinajstić information content (AvgIpc) is 2.90. The minimum absolute atomic E-state index is 0.0240. The second-order valence-corrected chi connectivity index (χ2v) is 6.13. The highest BCUT2D eigenvalue weighted by atomic mass is 32.1. The number of hydrogen-bond acceptors (Lipinski definition) is 5. The Balaban J connectivity index is 1.66. The number of fused-ring (bicyclic) bond motifs is 1. The number of rotatable bonds is 4. The maximum atomic E-state index is 11.9. The second kappa shape index (κ2) is 6.03. The molecule has 2 aromatic heterocycles. The molecular weight excluding hydrogens is 272 g/mol. The molecule has 0 aliphatic carbocycles. The lowest BCUT2D eigenvalue weighted by molar-refractivity contribution is 0.126. The van der Waals surface area contributed by atoms with E-state index in [2.05, 4.69) is 21.7 Å². The van der Waals surface area contributed by atoms with Gasteiger partial charge in [-0.3, -0.25) is 14.1 Å². The van der Waals surface area contributed by atoms with E-state index in [0.29, 0.717) is 0 Å². The molecule has 0 unspecified atom stereocenters. The van der Waals surface area contributed by atoms with Gasteiger partial charge in [-0.2, -0.15) is 0 Å². The molecule has 0 amide bonds. The molecule has 1 aliphatic heterocycles. The molecule has 0 spiro atoms. The Morgan fingerprint density at radius 3 is 2.75 bits per heavy atom. The van der Waals surface area contributed by atoms with E-state index in [-0.39, 0.29) is 5.56 Å². The van der Waals surface area contributed by atoms with Crippen molar-refractivity contribution < 1.29 is 0 Å². The molecule has 108 valence electrons. The van der Waals surface area contributed by atoms with Gasteiger partial charge < -0.3 is 4.90 Å². The molecule has 0 bridgehead atoms. The first-order valence-electron chi connectivity index (χ1n) is 7.17. The van der Waals surface area contributed by atoms with Crippen LogP contribution < -0.4 is 5.56 Å². The smallest absolute Gasteiger partial charge is 0.258 e. The molecule has 1 fully saturated rings. The molecule has 0 N–H and O–H groups in total. The van der Waals surface area contributed by atoms with Crippen molar-refractivity contribution in [2.75, 3.05) is 32.7 Å². The van der Waals surface area contributed by atoms with E-state index in [1.165, 1.54) is 24.3 Å². The number of nitrogens with zero attached hydrogens (tertiary/aromatic N) is 4. The molecule has 0 saturated carbocycles. The predicted molar refractivity (Wildman–Crippen MR) is 81.3 cm³/mol. The Hall–Kier alpha value is -1.24. The van der Waals surface area contributed by atoms with Crippen molar-refractivity contribution in [1.82, 2.24) is 19.2 Å². The number of hydrogen-bond donors (Lipinski definition) is 0. The summed E-state index contributed by atoms with van der Waals surface area (Å²) in [5, 5.41) is 1.90. The third-order valence-corrected chi connectivity index (χ3v) is 4.50. The van der Waals surface area contributed by atoms with Gasteiger partial charge in [-0.15, -0.1) is 11.3 Å². The zero-order valence-electron chi connectivity index (χ0n) is 11.8. The van der Waals surface area contributed by atoms with Crippen LogP contribution in [0.15, 0.2) is 22.4 Å². The van der Waals surface area contributed by atoms with Gasteiger partial charge in [0.2, 0.25) is 0 Å². The number of thiazole rings is 1. The topological polar surface area (TPSA) is 40.9 Å². The van der Waals surface area contributed by atoms with Crippen LogP contribution in [0.25, 0.3) is 4.96 Å². The van der Waals surface area contributed by atoms with Crippen LogP contribution >= 0.6 is 11.3 Å². The molecule has 3 heterocycles. The molecule has 6 heteroatoms. The Bertz CT molecular complexity index is 627. The molecule has 1 aliphatic rings. The third kappa shape index (κ3) is 2.92. The van der Waals surface area contributed by atoms with E-state index < -0.39 is 0 Å². The summed E-state index contributed by atoms with van der Waals surface area (Å²) in [6.45, 7) is 8.55. The Morgan fingerprint density at radius 1 is 1.25 bits per heavy atom. The molecule has 2 aromatic rings. The van der Waals surface area contributed by atoms with E-state index in [1.807, 2.05) is 5.38 Å². The van der Waals surface area contributed by atoms with Gasteiger partial charge in [0.15, 0.2) is 4.96 Å². The monoisotopic (exact) mass is 292 g/mol. The normalized spacial score (nSPS) is 17.9. The fourth-order valence-electron chi connectivity index (χ4n) is 2.69. The maximum Gasteiger partial charge on any atom is 0.258 e. The van der Waals surface area contributed by atoms with Crippen LogP contribution in [-0.2, 0) is 6.54 Å². The molecule has 1 saturated heterocycles. The largest absolute Gasteiger partial charge is 0.301 e. The SMILES string of the molecule is CCCN1CCN(Cc2cc(=O)n3ccsc3n2)CC1. The summed E-state index contributed by atoms with van der Waals surface area (Å²) in [7, 11) is 0. The number of aromatic nitrogens is 2. The van der Waals surface area contributed by atoms with Crippen molar-refractivity contribution in [3.05, 3.63) is 33.7 Å². The molecule has 0 atom stereocenters. The second-order valence-electron chi connectivity index (χ2n) is 5.26. The van der Waals surface area contributed by atoms with Gasteiger partial charge in [0.25, 0.3) is 5.56 Å². The lowest BCUT2D eigenvalue weighted by Gasteiger charge is -2.34. The predicted octanol–water partition coefficient (Wildman–Crippen LogP) is 1.28. The molecule has 3 rings (SSSR count). The van der Waals surface area contributed by atoms with Gasteiger partial charge in [0.1, 0.15) is 0 Å². The molecule has 0 aromatic carbocycles. The standard InChI is InChI=1S/C14H20N4OS/c1-2-3-16-4-6-17(7-5-16)11-12-10-13(19)18-8-9-20-14(18)15-12/h8-10H,2-7,11H2,1H3. The summed E-state index contributed by atoms with van der Waals surface area (Å²) < 4.78 is 1.60. The van der Waals surface area contributed by atoms with Crippen LogP contribution in [0.2, 0.25) is 0 Å². The van der Waals surface area contributed by atoms with Crippen LogP contribution in [0, 0.1) is 0 Å². The summed E-state index contributed by atoms with van der Waals surface area (Å²) in [5.74, 6) is 0. The van der Waals surface area contributed by atoms with Crippen LogP contribution in [0.5, 0.6) is 0 Å². The van der Waals surface area contributed by atoms with Crippen molar-refractivity contribution >= 4 is 16.3 Å². The van der Waals surface area contributed by atoms with Gasteiger partial charge in [-0.1, -0.05) is 6.92 Å². The van der Waals surface area contributed by atoms with Crippen LogP contribution in [-0.4, -0.2) is 51.9 Å². The van der Waals surface area contributed by atoms with Crippen LogP contribution in [0.3, 0.4) is 0 Å². The lowest BCUT2D eigenvalue weighted by Crippen LogP contribution is -2.46. The van der Waals surface area contributed by atoms with E-state index in [9.17, 15) is 4.79 Å². The highest BCUT2D eigenvalue weighted by Gasteiger charge is 2.17. The zero-order chi connectivity index (χ0) is 13.9. The lowest BCUT2D eigenvalue weighted by atomic mass is 10.2. The van der Waals surface area contributed by atoms with Crippen LogP contribution in [0.4, 0.5) is 0 Å². The van der Waals surface area contributed by atoms with Crippen molar-refractivity contribution in [3.63, 3.8) is 0 Å². The first-order chi connectivity index (χ1) is 9.76. The van der Waals surface area contributed by atoms with E-state index in [4.69, 9.17) is 0 Å². The quantitative estimate of drug-likeness (QED) is 0.851. The summed E-state index contributed by atoms with van der Waals surface area (Å²) in [5.41, 5.74) is 0.914. The van der Waals surface area contributed by atoms with Crippen molar-refractivity contribution in [2.24, 2.45) is 0 Å². The van der Waals surface area contributed by atoms with E-state index >= 15 is 0 Å². The van der Waals surface area contributed by atoms with E-state index in [0.717, 1.165) is 43.4 Å². The molecule has 0 radical (unpaired) electrons. The average molecular weight is 292 g/mol. The number of piperazine rings is 1. The molecule has 20 heavy (non-hydrogen) atoms. The fraction of sp³-hybridized carbons (Fsp3) is 0.571. The Kier molecular flexibility index (Phi) is 4.14. The van der Waals surface area contributed by atoms with Gasteiger partial charge >= 0.3 is 0 Å². The van der Waals surface area contributed by atoms with E-state index in [1.54, 1.807) is 16.7 Å². The zero-order valence-corrected chi connectivity index (χ0v) is 12.6. The first kappa shape index (κ1) is 13.7. The van der Waals surface area contributed by atoms with Crippen molar-refractivity contribution in [2.45, 2.75) is 19.9 Å². The summed E-state index contributed by atoms with van der Waals surface area (Å²) >= 11 is 1.51. The summed E-state index contributed by atoms with van der Waals surface area (Å²) in [4.78, 5) is 22.2. The van der Waals surface area contributed by atoms with Crippen LogP contribution in [0.1, 0.15) is 19.0 Å². The minimum Gasteiger partial charge on any atom is -0.301 e. The third-order valence-electron chi connectivity index (χ3n) is 3.75. The van der Waals surface area contributed by atoms with Crippen molar-refractivity contribution in [1.29, 1.82) is 0 Å². The Morgan fingerprint density at radius 2 is 2.00 bits per heavy atom. The maximum absolute atomic E-state index is 11.9. The van der Waals surface area contributed by atoms with Gasteiger partial charge in [-0.25, -0.2) is 4.98 Å². The highest BCUT2D eigenvalue weighted by molar-refractivity contribution is 7.15.